The number of hydrogen-bond donors (Lipinski definition) is 1. The first kappa shape index (κ1) is 14.6. The molecule has 2 aromatic heterocycles. The Balaban J connectivity index is 1.58. The third-order valence-corrected chi connectivity index (χ3v) is 3.83. The maximum atomic E-state index is 12.0. The van der Waals surface area contributed by atoms with Gasteiger partial charge in [0.1, 0.15) is 6.54 Å². The largest absolute Gasteiger partial charge is 0.354 e. The summed E-state index contributed by atoms with van der Waals surface area (Å²) < 4.78 is 1.90. The van der Waals surface area contributed by atoms with Crippen molar-refractivity contribution >= 4 is 28.4 Å². The maximum absolute atomic E-state index is 12.0. The third kappa shape index (κ3) is 3.28. The quantitative estimate of drug-likeness (QED) is 0.787. The number of benzene rings is 1. The van der Waals surface area contributed by atoms with E-state index in [2.05, 4.69) is 10.3 Å². The van der Waals surface area contributed by atoms with Crippen molar-refractivity contribution in [2.24, 2.45) is 0 Å². The number of pyridine rings is 1. The highest BCUT2D eigenvalue weighted by molar-refractivity contribution is 6.35. The van der Waals surface area contributed by atoms with Crippen LogP contribution in [0.15, 0.2) is 54.9 Å². The number of carbonyl (C=O) groups excluding carboxylic acids is 1. The summed E-state index contributed by atoms with van der Waals surface area (Å²) in [5.74, 6) is -0.0200. The van der Waals surface area contributed by atoms with Crippen LogP contribution in [0.1, 0.15) is 5.69 Å². The van der Waals surface area contributed by atoms with Gasteiger partial charge in [0.25, 0.3) is 0 Å². The van der Waals surface area contributed by atoms with E-state index in [4.69, 9.17) is 11.6 Å². The number of aromatic nitrogens is 2. The van der Waals surface area contributed by atoms with Gasteiger partial charge in [0.05, 0.1) is 0 Å². The Bertz CT molecular complexity index is 783. The van der Waals surface area contributed by atoms with Gasteiger partial charge in [0.15, 0.2) is 0 Å². The molecule has 0 aliphatic rings. The Morgan fingerprint density at radius 1 is 1.18 bits per heavy atom. The average molecular weight is 314 g/mol. The van der Waals surface area contributed by atoms with Crippen molar-refractivity contribution in [3.8, 4) is 0 Å². The highest BCUT2D eigenvalue weighted by Crippen LogP contribution is 2.23. The number of fused-ring (bicyclic) bond motifs is 1. The van der Waals surface area contributed by atoms with Crippen molar-refractivity contribution in [3.63, 3.8) is 0 Å². The van der Waals surface area contributed by atoms with Crippen molar-refractivity contribution < 1.29 is 4.79 Å². The molecule has 0 unspecified atom stereocenters. The second-order valence-electron chi connectivity index (χ2n) is 5.04. The third-order valence-electron chi connectivity index (χ3n) is 3.50. The number of nitrogens with one attached hydrogen (secondary N) is 1. The van der Waals surface area contributed by atoms with Gasteiger partial charge >= 0.3 is 0 Å². The summed E-state index contributed by atoms with van der Waals surface area (Å²) in [6.45, 7) is 0.863. The van der Waals surface area contributed by atoms with Gasteiger partial charge in [0, 0.05) is 47.0 Å². The van der Waals surface area contributed by atoms with Crippen LogP contribution in [0.2, 0.25) is 5.02 Å². The predicted octanol–water partition coefficient (Wildman–Crippen LogP) is 3.05. The number of halogens is 1. The molecular formula is C17H16ClN3O. The lowest BCUT2D eigenvalue weighted by molar-refractivity contribution is -0.121. The van der Waals surface area contributed by atoms with E-state index in [1.807, 2.05) is 53.2 Å². The van der Waals surface area contributed by atoms with Crippen LogP contribution in [0.5, 0.6) is 0 Å². The standard InChI is InChI=1S/C17H16ClN3O/c18-15-5-3-6-16-14(15)8-11-21(16)12-17(22)20-10-7-13-4-1-2-9-19-13/h1-6,8-9,11H,7,10,12H2,(H,20,22). The molecule has 112 valence electrons. The molecule has 1 N–H and O–H groups in total. The highest BCUT2D eigenvalue weighted by Gasteiger charge is 2.07. The minimum absolute atomic E-state index is 0.0200. The van der Waals surface area contributed by atoms with E-state index in [9.17, 15) is 4.79 Å². The van der Waals surface area contributed by atoms with E-state index in [-0.39, 0.29) is 12.5 Å². The van der Waals surface area contributed by atoms with E-state index in [1.54, 1.807) is 6.20 Å². The number of nitrogens with zero attached hydrogens (tertiary/aromatic N) is 2. The van der Waals surface area contributed by atoms with Gasteiger partial charge in [-0.25, -0.2) is 0 Å². The summed E-state index contributed by atoms with van der Waals surface area (Å²) in [6.07, 6.45) is 4.37. The second kappa shape index (κ2) is 6.62. The summed E-state index contributed by atoms with van der Waals surface area (Å²) in [6, 6.07) is 13.4. The molecule has 0 radical (unpaired) electrons. The summed E-state index contributed by atoms with van der Waals surface area (Å²) >= 11 is 6.14. The monoisotopic (exact) mass is 313 g/mol. The lowest BCUT2D eigenvalue weighted by Crippen LogP contribution is -2.29. The van der Waals surface area contributed by atoms with Crippen LogP contribution in [0.3, 0.4) is 0 Å². The number of rotatable bonds is 5. The molecule has 0 aliphatic heterocycles. The Morgan fingerprint density at radius 3 is 2.91 bits per heavy atom. The molecule has 1 amide bonds. The van der Waals surface area contributed by atoms with Crippen LogP contribution in [0, 0.1) is 0 Å². The van der Waals surface area contributed by atoms with Crippen molar-refractivity contribution in [2.45, 2.75) is 13.0 Å². The van der Waals surface area contributed by atoms with Crippen molar-refractivity contribution in [2.75, 3.05) is 6.54 Å². The Labute approximate surface area is 133 Å². The highest BCUT2D eigenvalue weighted by atomic mass is 35.5. The Kier molecular flexibility index (Phi) is 4.39. The van der Waals surface area contributed by atoms with E-state index in [1.165, 1.54) is 0 Å². The summed E-state index contributed by atoms with van der Waals surface area (Å²) in [4.78, 5) is 16.3. The molecule has 0 aliphatic carbocycles. The van der Waals surface area contributed by atoms with Gasteiger partial charge in [-0.15, -0.1) is 0 Å². The van der Waals surface area contributed by atoms with E-state index in [0.29, 0.717) is 11.6 Å². The molecule has 0 spiro atoms. The van der Waals surface area contributed by atoms with Crippen LogP contribution < -0.4 is 5.32 Å². The van der Waals surface area contributed by atoms with Gasteiger partial charge in [0.2, 0.25) is 5.91 Å². The van der Waals surface area contributed by atoms with Gasteiger partial charge in [-0.1, -0.05) is 23.7 Å². The van der Waals surface area contributed by atoms with Crippen LogP contribution >= 0.6 is 11.6 Å². The van der Waals surface area contributed by atoms with Crippen LogP contribution in [0.25, 0.3) is 10.9 Å². The molecule has 2 heterocycles. The molecular weight excluding hydrogens is 298 g/mol. The molecule has 3 aromatic rings. The molecule has 0 atom stereocenters. The lowest BCUT2D eigenvalue weighted by Gasteiger charge is -2.07. The Morgan fingerprint density at radius 2 is 2.09 bits per heavy atom. The van der Waals surface area contributed by atoms with Crippen LogP contribution in [-0.4, -0.2) is 22.0 Å². The second-order valence-corrected chi connectivity index (χ2v) is 5.44. The van der Waals surface area contributed by atoms with Gasteiger partial charge in [-0.3, -0.25) is 9.78 Å². The number of carbonyl (C=O) groups is 1. The van der Waals surface area contributed by atoms with E-state index in [0.717, 1.165) is 23.0 Å². The van der Waals surface area contributed by atoms with Gasteiger partial charge < -0.3 is 9.88 Å². The van der Waals surface area contributed by atoms with Gasteiger partial charge in [-0.2, -0.15) is 0 Å². The van der Waals surface area contributed by atoms with Crippen molar-refractivity contribution in [1.82, 2.24) is 14.9 Å². The van der Waals surface area contributed by atoms with E-state index >= 15 is 0 Å². The SMILES string of the molecule is O=C(Cn1ccc2c(Cl)cccc21)NCCc1ccccn1. The molecule has 5 heteroatoms. The molecule has 4 nitrogen and oxygen atoms in total. The molecule has 0 bridgehead atoms. The topological polar surface area (TPSA) is 46.9 Å². The fourth-order valence-electron chi connectivity index (χ4n) is 2.41. The zero-order valence-electron chi connectivity index (χ0n) is 12.0. The molecule has 0 saturated carbocycles. The minimum atomic E-state index is -0.0200. The molecule has 0 fully saturated rings. The smallest absolute Gasteiger partial charge is 0.239 e. The summed E-state index contributed by atoms with van der Waals surface area (Å²) in [5.41, 5.74) is 1.94. The first-order valence-corrected chi connectivity index (χ1v) is 7.52. The van der Waals surface area contributed by atoms with Crippen LogP contribution in [0.4, 0.5) is 0 Å². The number of hydrogen-bond acceptors (Lipinski definition) is 2. The molecule has 0 saturated heterocycles. The molecule has 3 rings (SSSR count). The fourth-order valence-corrected chi connectivity index (χ4v) is 2.64. The Hall–Kier alpha value is -2.33. The van der Waals surface area contributed by atoms with E-state index < -0.39 is 0 Å². The zero-order chi connectivity index (χ0) is 15.4. The van der Waals surface area contributed by atoms with Crippen molar-refractivity contribution in [3.05, 3.63) is 65.6 Å². The van der Waals surface area contributed by atoms with Crippen LogP contribution in [-0.2, 0) is 17.8 Å². The molecule has 22 heavy (non-hydrogen) atoms. The molecule has 1 aromatic carbocycles. The van der Waals surface area contributed by atoms with Gasteiger partial charge in [-0.05, 0) is 30.3 Å². The lowest BCUT2D eigenvalue weighted by atomic mass is 10.2. The normalized spacial score (nSPS) is 10.8. The van der Waals surface area contributed by atoms with Crippen molar-refractivity contribution in [1.29, 1.82) is 0 Å². The predicted molar refractivity (Wildman–Crippen MR) is 87.9 cm³/mol. The first-order chi connectivity index (χ1) is 10.7. The minimum Gasteiger partial charge on any atom is -0.354 e. The average Bonchev–Trinajstić information content (AvgIpc) is 2.93. The maximum Gasteiger partial charge on any atom is 0.239 e. The summed E-state index contributed by atoms with van der Waals surface area (Å²) in [5, 5.41) is 4.58. The number of amides is 1. The fraction of sp³-hybridized carbons (Fsp3) is 0.176. The summed E-state index contributed by atoms with van der Waals surface area (Å²) in [7, 11) is 0. The zero-order valence-corrected chi connectivity index (χ0v) is 12.8. The first-order valence-electron chi connectivity index (χ1n) is 7.14.